The summed E-state index contributed by atoms with van der Waals surface area (Å²) >= 11 is 1.45. The number of pyridine rings is 1. The summed E-state index contributed by atoms with van der Waals surface area (Å²) in [6, 6.07) is 9.02. The number of hydrogen-bond donors (Lipinski definition) is 1. The summed E-state index contributed by atoms with van der Waals surface area (Å²) in [6.07, 6.45) is 4.84. The summed E-state index contributed by atoms with van der Waals surface area (Å²) in [5.74, 6) is -1.09. The lowest BCUT2D eigenvalue weighted by molar-refractivity contribution is -0.127. The van der Waals surface area contributed by atoms with Crippen LogP contribution in [0, 0.1) is 0 Å². The quantitative estimate of drug-likeness (QED) is 0.351. The highest BCUT2D eigenvalue weighted by Gasteiger charge is 2.31. The van der Waals surface area contributed by atoms with Gasteiger partial charge in [-0.1, -0.05) is 18.2 Å². The summed E-state index contributed by atoms with van der Waals surface area (Å²) in [6.45, 7) is 1.29. The molecule has 10 heteroatoms. The fourth-order valence-corrected chi connectivity index (χ4v) is 4.75. The van der Waals surface area contributed by atoms with Gasteiger partial charge in [0.25, 0.3) is 17.6 Å². The van der Waals surface area contributed by atoms with Crippen molar-refractivity contribution >= 4 is 39.8 Å². The molecule has 172 valence electrons. The van der Waals surface area contributed by atoms with Crippen LogP contribution in [-0.4, -0.2) is 75.6 Å². The van der Waals surface area contributed by atoms with Crippen LogP contribution in [0.4, 0.5) is 0 Å². The molecule has 4 heterocycles. The number of ketones is 1. The minimum Gasteiger partial charge on any atom is -0.480 e. The highest BCUT2D eigenvalue weighted by molar-refractivity contribution is 7.13. The second-order valence-corrected chi connectivity index (χ2v) is 8.64. The maximum Gasteiger partial charge on any atom is 0.295 e. The van der Waals surface area contributed by atoms with Crippen LogP contribution in [0.15, 0.2) is 54.3 Å². The monoisotopic (exact) mass is 475 g/mol. The van der Waals surface area contributed by atoms with Crippen molar-refractivity contribution in [2.45, 2.75) is 0 Å². The maximum atomic E-state index is 13.2. The van der Waals surface area contributed by atoms with Gasteiger partial charge in [0.05, 0.1) is 29.1 Å². The highest BCUT2D eigenvalue weighted by atomic mass is 32.1. The van der Waals surface area contributed by atoms with E-state index in [-0.39, 0.29) is 30.4 Å². The lowest BCUT2D eigenvalue weighted by Crippen LogP contribution is -2.52. The fourth-order valence-electron chi connectivity index (χ4n) is 4.10. The number of piperazine rings is 1. The number of thiazole rings is 1. The number of carbonyl (C=O) groups is 3. The molecular formula is C24H21N5O4S. The van der Waals surface area contributed by atoms with E-state index in [9.17, 15) is 14.4 Å². The summed E-state index contributed by atoms with van der Waals surface area (Å²) in [5.41, 5.74) is 2.17. The van der Waals surface area contributed by atoms with E-state index < -0.39 is 11.7 Å². The second kappa shape index (κ2) is 9.06. The van der Waals surface area contributed by atoms with Gasteiger partial charge in [0.2, 0.25) is 5.88 Å². The van der Waals surface area contributed by atoms with Crippen LogP contribution in [0.2, 0.25) is 0 Å². The van der Waals surface area contributed by atoms with Crippen LogP contribution in [0.25, 0.3) is 21.5 Å². The molecule has 1 saturated heterocycles. The summed E-state index contributed by atoms with van der Waals surface area (Å²) < 4.78 is 5.39. The van der Waals surface area contributed by atoms with Crippen molar-refractivity contribution < 1.29 is 19.1 Å². The molecule has 2 amide bonds. The van der Waals surface area contributed by atoms with E-state index in [4.69, 9.17) is 4.74 Å². The van der Waals surface area contributed by atoms with Crippen LogP contribution in [0.3, 0.4) is 0 Å². The minimum absolute atomic E-state index is 0.0822. The first-order chi connectivity index (χ1) is 16.6. The smallest absolute Gasteiger partial charge is 0.295 e. The van der Waals surface area contributed by atoms with Crippen LogP contribution in [0.5, 0.6) is 5.88 Å². The van der Waals surface area contributed by atoms with Crippen molar-refractivity contribution in [3.63, 3.8) is 0 Å². The molecule has 9 nitrogen and oxygen atoms in total. The Balaban J connectivity index is 1.36. The molecule has 0 atom stereocenters. The lowest BCUT2D eigenvalue weighted by atomic mass is 10.1. The van der Waals surface area contributed by atoms with Gasteiger partial charge in [-0.05, 0) is 12.1 Å². The number of rotatable bonds is 5. The molecular weight excluding hydrogens is 454 g/mol. The van der Waals surface area contributed by atoms with Gasteiger partial charge in [0.1, 0.15) is 5.01 Å². The molecule has 5 rings (SSSR count). The number of fused-ring (bicyclic) bond motifs is 1. The Labute approximate surface area is 199 Å². The van der Waals surface area contributed by atoms with Crippen LogP contribution >= 0.6 is 11.3 Å². The number of methoxy groups -OCH3 is 1. The molecule has 0 unspecified atom stereocenters. The van der Waals surface area contributed by atoms with Gasteiger partial charge < -0.3 is 19.5 Å². The minimum atomic E-state index is -0.648. The number of Topliss-reactive ketones (excluding diaryl/α,β-unsaturated/α-hetero) is 1. The zero-order valence-electron chi connectivity index (χ0n) is 18.4. The van der Waals surface area contributed by atoms with Crippen molar-refractivity contribution in [2.75, 3.05) is 33.3 Å². The highest BCUT2D eigenvalue weighted by Crippen LogP contribution is 2.35. The van der Waals surface area contributed by atoms with Gasteiger partial charge in [-0.3, -0.25) is 14.4 Å². The normalized spacial score (nSPS) is 13.8. The summed E-state index contributed by atoms with van der Waals surface area (Å²) in [7, 11) is 1.47. The van der Waals surface area contributed by atoms with Crippen molar-refractivity contribution in [1.82, 2.24) is 24.8 Å². The van der Waals surface area contributed by atoms with Gasteiger partial charge in [0.15, 0.2) is 0 Å². The summed E-state index contributed by atoms with van der Waals surface area (Å²) in [5, 5.41) is 3.05. The topological polar surface area (TPSA) is 108 Å². The van der Waals surface area contributed by atoms with Gasteiger partial charge in [-0.15, -0.1) is 11.3 Å². The average Bonchev–Trinajstić information content (AvgIpc) is 3.58. The van der Waals surface area contributed by atoms with E-state index >= 15 is 0 Å². The Morgan fingerprint density at radius 2 is 1.76 bits per heavy atom. The van der Waals surface area contributed by atoms with E-state index in [0.717, 1.165) is 10.6 Å². The number of H-pyrrole nitrogens is 1. The van der Waals surface area contributed by atoms with Crippen molar-refractivity contribution in [3.05, 3.63) is 65.4 Å². The molecule has 0 radical (unpaired) electrons. The maximum absolute atomic E-state index is 13.2. The third-order valence-electron chi connectivity index (χ3n) is 5.84. The Bertz CT molecular complexity index is 1360. The van der Waals surface area contributed by atoms with Crippen molar-refractivity contribution in [2.24, 2.45) is 0 Å². The molecule has 34 heavy (non-hydrogen) atoms. The van der Waals surface area contributed by atoms with Crippen molar-refractivity contribution in [3.8, 4) is 16.5 Å². The molecule has 1 aliphatic rings. The standard InChI is InChI=1S/C24H21N5O4S/c1-33-21-18-16(13-26-19(18)17(14-27-21)22-25-7-12-34-22)20(30)24(32)29-10-8-28(9-11-29)23(31)15-5-3-2-4-6-15/h2-7,12-14,26H,8-11H2,1H3. The molecule has 0 aliphatic carbocycles. The largest absolute Gasteiger partial charge is 0.480 e. The summed E-state index contributed by atoms with van der Waals surface area (Å²) in [4.78, 5) is 53.9. The third kappa shape index (κ3) is 3.81. The molecule has 1 fully saturated rings. The van der Waals surface area contributed by atoms with Gasteiger partial charge >= 0.3 is 0 Å². The van der Waals surface area contributed by atoms with E-state index in [2.05, 4.69) is 15.0 Å². The predicted molar refractivity (Wildman–Crippen MR) is 127 cm³/mol. The number of aromatic nitrogens is 3. The Morgan fingerprint density at radius 3 is 2.44 bits per heavy atom. The number of nitrogens with one attached hydrogen (secondary N) is 1. The third-order valence-corrected chi connectivity index (χ3v) is 6.65. The molecule has 0 bridgehead atoms. The molecule has 4 aromatic rings. The van der Waals surface area contributed by atoms with Gasteiger partial charge in [-0.2, -0.15) is 0 Å². The first-order valence-electron chi connectivity index (χ1n) is 10.7. The van der Waals surface area contributed by atoms with E-state index in [1.54, 1.807) is 29.4 Å². The number of nitrogens with zero attached hydrogens (tertiary/aromatic N) is 4. The lowest BCUT2D eigenvalue weighted by Gasteiger charge is -2.34. The first-order valence-corrected chi connectivity index (χ1v) is 11.6. The SMILES string of the molecule is COc1ncc(-c2nccs2)c2[nH]cc(C(=O)C(=O)N3CCN(C(=O)c4ccccc4)CC3)c12. The number of ether oxygens (including phenoxy) is 1. The number of aromatic amines is 1. The Kier molecular flexibility index (Phi) is 5.81. The number of carbonyl (C=O) groups excluding carboxylic acids is 3. The van der Waals surface area contributed by atoms with Gasteiger partial charge in [0, 0.05) is 55.7 Å². The average molecular weight is 476 g/mol. The van der Waals surface area contributed by atoms with Crippen LogP contribution in [0.1, 0.15) is 20.7 Å². The predicted octanol–water partition coefficient (Wildman–Crippen LogP) is 2.86. The number of benzene rings is 1. The molecule has 1 N–H and O–H groups in total. The van der Waals surface area contributed by atoms with E-state index in [1.165, 1.54) is 29.5 Å². The zero-order chi connectivity index (χ0) is 23.7. The van der Waals surface area contributed by atoms with Crippen molar-refractivity contribution in [1.29, 1.82) is 0 Å². The van der Waals surface area contributed by atoms with E-state index in [0.29, 0.717) is 29.6 Å². The molecule has 0 spiro atoms. The van der Waals surface area contributed by atoms with Gasteiger partial charge in [-0.25, -0.2) is 9.97 Å². The Morgan fingerprint density at radius 1 is 1.03 bits per heavy atom. The molecule has 3 aromatic heterocycles. The molecule has 1 aromatic carbocycles. The first kappa shape index (κ1) is 21.8. The zero-order valence-corrected chi connectivity index (χ0v) is 19.2. The van der Waals surface area contributed by atoms with E-state index in [1.807, 2.05) is 23.6 Å². The molecule has 1 aliphatic heterocycles. The number of hydrogen-bond acceptors (Lipinski definition) is 7. The molecule has 0 saturated carbocycles. The second-order valence-electron chi connectivity index (χ2n) is 7.75. The van der Waals surface area contributed by atoms with Crippen LogP contribution in [-0.2, 0) is 4.79 Å². The fraction of sp³-hybridized carbons (Fsp3) is 0.208. The Hall–Kier alpha value is -4.05. The number of amides is 2. The van der Waals surface area contributed by atoms with Crippen LogP contribution < -0.4 is 4.74 Å².